The molecule has 0 fully saturated rings. The topological polar surface area (TPSA) is 36.4 Å². The standard InChI is InChI=1S/C8H16FN3.BrH/c1-8(2,9)6-12-7-10-4-3-5-11-7;/h3-6H2,1-2H3,(H2,10,11,12);1H. The summed E-state index contributed by atoms with van der Waals surface area (Å²) < 4.78 is 13.0. The van der Waals surface area contributed by atoms with E-state index in [9.17, 15) is 4.39 Å². The highest BCUT2D eigenvalue weighted by Gasteiger charge is 2.15. The molecule has 1 heterocycles. The first-order valence-corrected chi connectivity index (χ1v) is 4.29. The fourth-order valence-electron chi connectivity index (χ4n) is 0.945. The van der Waals surface area contributed by atoms with E-state index in [4.69, 9.17) is 0 Å². The Morgan fingerprint density at radius 3 is 2.77 bits per heavy atom. The van der Waals surface area contributed by atoms with Crippen molar-refractivity contribution < 1.29 is 4.39 Å². The van der Waals surface area contributed by atoms with Crippen LogP contribution in [-0.2, 0) is 0 Å². The third kappa shape index (κ3) is 5.85. The molecule has 0 saturated heterocycles. The Balaban J connectivity index is 0.00000144. The Labute approximate surface area is 89.0 Å². The van der Waals surface area contributed by atoms with Crippen LogP contribution in [0.3, 0.4) is 0 Å². The summed E-state index contributed by atoms with van der Waals surface area (Å²) in [4.78, 5) is 4.16. The lowest BCUT2D eigenvalue weighted by Gasteiger charge is -2.20. The summed E-state index contributed by atoms with van der Waals surface area (Å²) in [6.45, 7) is 5.16. The first-order valence-electron chi connectivity index (χ1n) is 4.29. The van der Waals surface area contributed by atoms with Crippen LogP contribution in [0.2, 0.25) is 0 Å². The molecular weight excluding hydrogens is 237 g/mol. The molecule has 1 aliphatic rings. The van der Waals surface area contributed by atoms with Gasteiger partial charge in [-0.05, 0) is 20.3 Å². The summed E-state index contributed by atoms with van der Waals surface area (Å²) in [6, 6.07) is 0. The van der Waals surface area contributed by atoms with Gasteiger partial charge in [0.15, 0.2) is 5.96 Å². The molecule has 0 amide bonds. The first-order chi connectivity index (χ1) is 5.58. The highest BCUT2D eigenvalue weighted by atomic mass is 79.9. The maximum absolute atomic E-state index is 13.0. The van der Waals surface area contributed by atoms with E-state index in [2.05, 4.69) is 15.6 Å². The van der Waals surface area contributed by atoms with Crippen LogP contribution in [0.15, 0.2) is 4.99 Å². The van der Waals surface area contributed by atoms with Crippen molar-refractivity contribution >= 4 is 22.9 Å². The third-order valence-electron chi connectivity index (χ3n) is 1.57. The van der Waals surface area contributed by atoms with Gasteiger partial charge in [0.2, 0.25) is 0 Å². The Hall–Kier alpha value is -0.320. The zero-order valence-corrected chi connectivity index (χ0v) is 9.77. The first kappa shape index (κ1) is 12.7. The van der Waals surface area contributed by atoms with Gasteiger partial charge in [-0.2, -0.15) is 0 Å². The van der Waals surface area contributed by atoms with Crippen molar-refractivity contribution in [3.05, 3.63) is 0 Å². The molecule has 0 aromatic carbocycles. The van der Waals surface area contributed by atoms with Crippen LogP contribution in [0.5, 0.6) is 0 Å². The molecule has 0 aromatic heterocycles. The third-order valence-corrected chi connectivity index (χ3v) is 1.57. The van der Waals surface area contributed by atoms with Crippen LogP contribution in [-0.4, -0.2) is 31.3 Å². The van der Waals surface area contributed by atoms with Gasteiger partial charge in [-0.15, -0.1) is 17.0 Å². The summed E-state index contributed by atoms with van der Waals surface area (Å²) in [6.07, 6.45) is 1.06. The number of rotatable bonds is 2. The highest BCUT2D eigenvalue weighted by Crippen LogP contribution is 2.05. The van der Waals surface area contributed by atoms with Crippen molar-refractivity contribution in [1.82, 2.24) is 10.6 Å². The maximum atomic E-state index is 13.0. The minimum absolute atomic E-state index is 0. The summed E-state index contributed by atoms with van der Waals surface area (Å²) in [7, 11) is 0. The Morgan fingerprint density at radius 1 is 1.62 bits per heavy atom. The fourth-order valence-corrected chi connectivity index (χ4v) is 0.945. The molecule has 0 radical (unpaired) electrons. The lowest BCUT2D eigenvalue weighted by atomic mass is 10.2. The Kier molecular flexibility index (Phi) is 5.29. The smallest absolute Gasteiger partial charge is 0.191 e. The predicted molar refractivity (Wildman–Crippen MR) is 58.4 cm³/mol. The Bertz CT molecular complexity index is 177. The van der Waals surface area contributed by atoms with E-state index in [-0.39, 0.29) is 17.0 Å². The van der Waals surface area contributed by atoms with Gasteiger partial charge in [-0.1, -0.05) is 0 Å². The van der Waals surface area contributed by atoms with Crippen molar-refractivity contribution in [3.8, 4) is 0 Å². The molecule has 13 heavy (non-hydrogen) atoms. The van der Waals surface area contributed by atoms with Gasteiger partial charge in [-0.25, -0.2) is 4.39 Å². The van der Waals surface area contributed by atoms with Crippen molar-refractivity contribution in [2.24, 2.45) is 4.99 Å². The largest absolute Gasteiger partial charge is 0.356 e. The van der Waals surface area contributed by atoms with E-state index in [1.165, 1.54) is 0 Å². The van der Waals surface area contributed by atoms with E-state index in [0.717, 1.165) is 25.5 Å². The molecule has 0 aliphatic carbocycles. The molecule has 0 saturated carbocycles. The molecule has 0 spiro atoms. The highest BCUT2D eigenvalue weighted by molar-refractivity contribution is 8.93. The minimum Gasteiger partial charge on any atom is -0.356 e. The summed E-state index contributed by atoms with van der Waals surface area (Å²) in [5, 5.41) is 5.99. The Morgan fingerprint density at radius 2 is 2.31 bits per heavy atom. The van der Waals surface area contributed by atoms with Gasteiger partial charge in [0.25, 0.3) is 0 Å². The van der Waals surface area contributed by atoms with Gasteiger partial charge in [0.1, 0.15) is 5.67 Å². The van der Waals surface area contributed by atoms with E-state index >= 15 is 0 Å². The van der Waals surface area contributed by atoms with Crippen LogP contribution in [0.25, 0.3) is 0 Å². The van der Waals surface area contributed by atoms with Gasteiger partial charge in [0, 0.05) is 13.1 Å². The summed E-state index contributed by atoms with van der Waals surface area (Å²) in [5.41, 5.74) is -1.18. The van der Waals surface area contributed by atoms with Crippen LogP contribution >= 0.6 is 17.0 Å². The summed E-state index contributed by atoms with van der Waals surface area (Å²) in [5.74, 6) is 0.729. The number of hydrogen-bond donors (Lipinski definition) is 2. The number of nitrogens with zero attached hydrogens (tertiary/aromatic N) is 1. The molecule has 0 atom stereocenters. The molecule has 0 aromatic rings. The van der Waals surface area contributed by atoms with Gasteiger partial charge in [-0.3, -0.25) is 4.99 Å². The predicted octanol–water partition coefficient (Wildman–Crippen LogP) is 1.25. The number of guanidine groups is 1. The average molecular weight is 254 g/mol. The maximum Gasteiger partial charge on any atom is 0.191 e. The van der Waals surface area contributed by atoms with E-state index in [1.54, 1.807) is 13.8 Å². The number of halogens is 2. The second kappa shape index (κ2) is 5.42. The van der Waals surface area contributed by atoms with Crippen molar-refractivity contribution in [3.63, 3.8) is 0 Å². The summed E-state index contributed by atoms with van der Waals surface area (Å²) >= 11 is 0. The van der Waals surface area contributed by atoms with E-state index in [1.807, 2.05) is 0 Å². The molecule has 3 nitrogen and oxygen atoms in total. The normalized spacial score (nSPS) is 16.7. The molecule has 1 rings (SSSR count). The van der Waals surface area contributed by atoms with Crippen molar-refractivity contribution in [2.45, 2.75) is 25.9 Å². The van der Waals surface area contributed by atoms with Crippen LogP contribution in [0.4, 0.5) is 4.39 Å². The average Bonchev–Trinajstić information content (AvgIpc) is 2.02. The number of alkyl halides is 1. The number of hydrogen-bond acceptors (Lipinski definition) is 3. The quantitative estimate of drug-likeness (QED) is 0.778. The van der Waals surface area contributed by atoms with Crippen molar-refractivity contribution in [2.75, 3.05) is 19.6 Å². The zero-order chi connectivity index (χ0) is 9.03. The molecule has 0 bridgehead atoms. The molecular formula is C8H17BrFN3. The van der Waals surface area contributed by atoms with E-state index in [0.29, 0.717) is 6.54 Å². The molecule has 5 heteroatoms. The fraction of sp³-hybridized carbons (Fsp3) is 0.875. The molecule has 2 N–H and O–H groups in total. The molecule has 78 valence electrons. The molecule has 0 unspecified atom stereocenters. The lowest BCUT2D eigenvalue weighted by molar-refractivity contribution is 0.219. The second-order valence-corrected chi connectivity index (χ2v) is 3.58. The minimum atomic E-state index is -1.18. The number of nitrogens with one attached hydrogen (secondary N) is 2. The second-order valence-electron chi connectivity index (χ2n) is 3.58. The monoisotopic (exact) mass is 253 g/mol. The van der Waals surface area contributed by atoms with Crippen molar-refractivity contribution in [1.29, 1.82) is 0 Å². The number of aliphatic imine (C=N–C) groups is 1. The van der Waals surface area contributed by atoms with Gasteiger partial charge in [0.05, 0.1) is 6.54 Å². The zero-order valence-electron chi connectivity index (χ0n) is 8.06. The van der Waals surface area contributed by atoms with Crippen LogP contribution in [0, 0.1) is 0 Å². The lowest BCUT2D eigenvalue weighted by Crippen LogP contribution is -2.45. The van der Waals surface area contributed by atoms with Crippen LogP contribution < -0.4 is 10.6 Å². The van der Waals surface area contributed by atoms with Gasteiger partial charge < -0.3 is 10.6 Å². The van der Waals surface area contributed by atoms with Crippen LogP contribution in [0.1, 0.15) is 20.3 Å². The van der Waals surface area contributed by atoms with E-state index < -0.39 is 5.67 Å². The SMILES string of the molecule is Br.CC(C)(F)CNC1=NCCCN1. The molecule has 1 aliphatic heterocycles. The van der Waals surface area contributed by atoms with Gasteiger partial charge >= 0.3 is 0 Å².